The second kappa shape index (κ2) is 7.35. The third-order valence-electron chi connectivity index (χ3n) is 3.85. The van der Waals surface area contributed by atoms with E-state index in [0.29, 0.717) is 11.7 Å². The Balaban J connectivity index is 1.62. The molecular formula is C18H18FN3O3S. The average Bonchev–Trinajstić information content (AvgIpc) is 3.06. The third kappa shape index (κ3) is 4.14. The highest BCUT2D eigenvalue weighted by Gasteiger charge is 2.16. The number of benzene rings is 2. The van der Waals surface area contributed by atoms with Gasteiger partial charge in [-0.3, -0.25) is 0 Å². The Kier molecular flexibility index (Phi) is 5.15. The number of hydrogen-bond donors (Lipinski definition) is 1. The van der Waals surface area contributed by atoms with Crippen LogP contribution < -0.4 is 4.72 Å². The second-order valence-electron chi connectivity index (χ2n) is 5.94. The predicted molar refractivity (Wildman–Crippen MR) is 94.5 cm³/mol. The topological polar surface area (TPSA) is 85.1 Å². The summed E-state index contributed by atoms with van der Waals surface area (Å²) in [6, 6.07) is 11.3. The van der Waals surface area contributed by atoms with E-state index in [1.807, 2.05) is 31.2 Å². The van der Waals surface area contributed by atoms with E-state index in [-0.39, 0.29) is 23.4 Å². The molecule has 3 aromatic rings. The van der Waals surface area contributed by atoms with Gasteiger partial charge in [-0.25, -0.2) is 17.5 Å². The van der Waals surface area contributed by atoms with Crippen molar-refractivity contribution in [2.24, 2.45) is 0 Å². The van der Waals surface area contributed by atoms with Gasteiger partial charge in [-0.05, 0) is 37.6 Å². The van der Waals surface area contributed by atoms with E-state index in [1.165, 1.54) is 19.1 Å². The van der Waals surface area contributed by atoms with Crippen molar-refractivity contribution in [1.82, 2.24) is 14.9 Å². The van der Waals surface area contributed by atoms with E-state index in [4.69, 9.17) is 4.52 Å². The van der Waals surface area contributed by atoms with Gasteiger partial charge in [0.05, 0.1) is 4.90 Å². The van der Waals surface area contributed by atoms with E-state index in [9.17, 15) is 12.8 Å². The highest BCUT2D eigenvalue weighted by Crippen LogP contribution is 2.17. The largest absolute Gasteiger partial charge is 0.339 e. The van der Waals surface area contributed by atoms with Crippen molar-refractivity contribution in [2.45, 2.75) is 25.2 Å². The van der Waals surface area contributed by atoms with E-state index in [1.54, 1.807) is 0 Å². The van der Waals surface area contributed by atoms with Gasteiger partial charge in [0.25, 0.3) is 0 Å². The first-order valence-corrected chi connectivity index (χ1v) is 9.49. The molecule has 0 aliphatic rings. The number of nitrogens with zero attached hydrogens (tertiary/aromatic N) is 2. The molecule has 0 atom stereocenters. The lowest BCUT2D eigenvalue weighted by Gasteiger charge is -2.06. The third-order valence-corrected chi connectivity index (χ3v) is 5.31. The van der Waals surface area contributed by atoms with Crippen molar-refractivity contribution in [1.29, 1.82) is 0 Å². The molecule has 26 heavy (non-hydrogen) atoms. The maximum absolute atomic E-state index is 13.3. The van der Waals surface area contributed by atoms with E-state index < -0.39 is 15.8 Å². The van der Waals surface area contributed by atoms with Crippen molar-refractivity contribution in [3.63, 3.8) is 0 Å². The van der Waals surface area contributed by atoms with Gasteiger partial charge in [0.2, 0.25) is 21.7 Å². The Morgan fingerprint density at radius 2 is 1.85 bits per heavy atom. The summed E-state index contributed by atoms with van der Waals surface area (Å²) in [5.74, 6) is 0.342. The minimum absolute atomic E-state index is 0.0160. The average molecular weight is 375 g/mol. The van der Waals surface area contributed by atoms with E-state index in [0.717, 1.165) is 17.2 Å². The molecule has 0 fully saturated rings. The molecule has 0 saturated carbocycles. The number of nitrogens with one attached hydrogen (secondary N) is 1. The molecule has 1 heterocycles. The fraction of sp³-hybridized carbons (Fsp3) is 0.222. The summed E-state index contributed by atoms with van der Waals surface area (Å²) in [5.41, 5.74) is 2.23. The van der Waals surface area contributed by atoms with Crippen LogP contribution in [0.25, 0.3) is 11.4 Å². The molecule has 0 aliphatic carbocycles. The minimum Gasteiger partial charge on any atom is -0.339 e. The zero-order chi connectivity index (χ0) is 18.7. The quantitative estimate of drug-likeness (QED) is 0.716. The van der Waals surface area contributed by atoms with Crippen LogP contribution in [0.4, 0.5) is 4.39 Å². The first-order valence-electron chi connectivity index (χ1n) is 8.00. The number of hydrogen-bond acceptors (Lipinski definition) is 5. The lowest BCUT2D eigenvalue weighted by Crippen LogP contribution is -2.26. The molecular weight excluding hydrogens is 357 g/mol. The summed E-state index contributed by atoms with van der Waals surface area (Å²) >= 11 is 0. The zero-order valence-electron chi connectivity index (χ0n) is 14.4. The Hall–Kier alpha value is -2.58. The minimum atomic E-state index is -3.73. The van der Waals surface area contributed by atoms with Crippen molar-refractivity contribution in [3.05, 3.63) is 65.3 Å². The highest BCUT2D eigenvalue weighted by molar-refractivity contribution is 7.89. The molecule has 1 aromatic heterocycles. The number of aromatic nitrogens is 2. The van der Waals surface area contributed by atoms with Crippen molar-refractivity contribution in [2.75, 3.05) is 6.54 Å². The van der Waals surface area contributed by atoms with Crippen LogP contribution in [-0.4, -0.2) is 25.1 Å². The van der Waals surface area contributed by atoms with Gasteiger partial charge in [0, 0.05) is 18.5 Å². The van der Waals surface area contributed by atoms with Crippen LogP contribution in [0.2, 0.25) is 0 Å². The smallest absolute Gasteiger partial charge is 0.240 e. The standard InChI is InChI=1S/C18H18FN3O3S/c1-12-3-5-14(6-4-12)18-21-17(25-22-18)9-10-20-26(23,24)15-7-8-16(19)13(2)11-15/h3-8,11,20H,9-10H2,1-2H3. The van der Waals surface area contributed by atoms with Crippen LogP contribution in [0.1, 0.15) is 17.0 Å². The fourth-order valence-corrected chi connectivity index (χ4v) is 3.45. The molecule has 0 aliphatic heterocycles. The molecule has 136 valence electrons. The first kappa shape index (κ1) is 18.2. The summed E-state index contributed by atoms with van der Waals surface area (Å²) in [6.45, 7) is 3.59. The lowest BCUT2D eigenvalue weighted by atomic mass is 10.1. The SMILES string of the molecule is Cc1ccc(-c2noc(CCNS(=O)(=O)c3ccc(F)c(C)c3)n2)cc1. The van der Waals surface area contributed by atoms with E-state index >= 15 is 0 Å². The molecule has 0 bridgehead atoms. The maximum Gasteiger partial charge on any atom is 0.240 e. The zero-order valence-corrected chi connectivity index (χ0v) is 15.2. The van der Waals surface area contributed by atoms with E-state index in [2.05, 4.69) is 14.9 Å². The van der Waals surface area contributed by atoms with Crippen LogP contribution in [0, 0.1) is 19.7 Å². The van der Waals surface area contributed by atoms with Gasteiger partial charge in [-0.15, -0.1) is 0 Å². The highest BCUT2D eigenvalue weighted by atomic mass is 32.2. The van der Waals surface area contributed by atoms with Gasteiger partial charge in [-0.2, -0.15) is 4.98 Å². The molecule has 1 N–H and O–H groups in total. The summed E-state index contributed by atoms with van der Waals surface area (Å²) in [7, 11) is -3.73. The molecule has 8 heteroatoms. The van der Waals surface area contributed by atoms with Crippen LogP contribution in [0.15, 0.2) is 51.9 Å². The molecule has 3 rings (SSSR count). The predicted octanol–water partition coefficient (Wildman–Crippen LogP) is 3.01. The molecule has 0 spiro atoms. The summed E-state index contributed by atoms with van der Waals surface area (Å²) in [6.07, 6.45) is 0.248. The van der Waals surface area contributed by atoms with Gasteiger partial charge in [0.1, 0.15) is 5.82 Å². The number of halogens is 1. The summed E-state index contributed by atoms with van der Waals surface area (Å²) in [4.78, 5) is 4.28. The van der Waals surface area contributed by atoms with Crippen molar-refractivity contribution in [3.8, 4) is 11.4 Å². The van der Waals surface area contributed by atoms with Crippen molar-refractivity contribution >= 4 is 10.0 Å². The van der Waals surface area contributed by atoms with Gasteiger partial charge < -0.3 is 4.52 Å². The Morgan fingerprint density at radius 3 is 2.54 bits per heavy atom. The van der Waals surface area contributed by atoms with Crippen LogP contribution in [0.3, 0.4) is 0 Å². The van der Waals surface area contributed by atoms with Crippen LogP contribution >= 0.6 is 0 Å². The van der Waals surface area contributed by atoms with Gasteiger partial charge in [0.15, 0.2) is 0 Å². The van der Waals surface area contributed by atoms with Gasteiger partial charge >= 0.3 is 0 Å². The fourth-order valence-electron chi connectivity index (χ4n) is 2.34. The normalized spacial score (nSPS) is 11.7. The molecule has 6 nitrogen and oxygen atoms in total. The summed E-state index contributed by atoms with van der Waals surface area (Å²) in [5, 5.41) is 3.91. The van der Waals surface area contributed by atoms with Gasteiger partial charge in [-0.1, -0.05) is 35.0 Å². The number of sulfonamides is 1. The molecule has 2 aromatic carbocycles. The molecule has 0 saturated heterocycles. The number of rotatable bonds is 6. The molecule has 0 radical (unpaired) electrons. The summed E-state index contributed by atoms with van der Waals surface area (Å²) < 4.78 is 45.4. The maximum atomic E-state index is 13.3. The molecule has 0 unspecified atom stereocenters. The van der Waals surface area contributed by atoms with Crippen LogP contribution in [0.5, 0.6) is 0 Å². The Morgan fingerprint density at radius 1 is 1.12 bits per heavy atom. The number of aryl methyl sites for hydroxylation is 2. The Labute approximate surface area is 151 Å². The second-order valence-corrected chi connectivity index (χ2v) is 7.70. The lowest BCUT2D eigenvalue weighted by molar-refractivity contribution is 0.379. The van der Waals surface area contributed by atoms with Crippen molar-refractivity contribution < 1.29 is 17.3 Å². The first-order chi connectivity index (χ1) is 12.3. The Bertz CT molecular complexity index is 1010. The van der Waals surface area contributed by atoms with Crippen LogP contribution in [-0.2, 0) is 16.4 Å². The molecule has 0 amide bonds. The monoisotopic (exact) mass is 375 g/mol.